The maximum atomic E-state index is 13.0. The van der Waals surface area contributed by atoms with Crippen molar-refractivity contribution in [3.05, 3.63) is 76.1 Å². The first-order valence-corrected chi connectivity index (χ1v) is 8.44. The number of nitrogens with one attached hydrogen (secondary N) is 1. The van der Waals surface area contributed by atoms with Crippen molar-refractivity contribution in [2.24, 2.45) is 0 Å². The molecule has 0 aliphatic carbocycles. The zero-order valence-electron chi connectivity index (χ0n) is 14.3. The molecule has 0 aromatic heterocycles. The van der Waals surface area contributed by atoms with Gasteiger partial charge in [-0.05, 0) is 48.2 Å². The van der Waals surface area contributed by atoms with Crippen LogP contribution in [0.25, 0.3) is 6.08 Å². The SMILES string of the molecule is Cc1ccccc1CCNC(=O)COC(=O)/C=C/c1ccc(F)c(Cl)c1. The van der Waals surface area contributed by atoms with Gasteiger partial charge in [-0.15, -0.1) is 0 Å². The van der Waals surface area contributed by atoms with E-state index in [-0.39, 0.29) is 17.5 Å². The molecule has 4 nitrogen and oxygen atoms in total. The molecule has 0 saturated heterocycles. The third-order valence-electron chi connectivity index (χ3n) is 3.68. The number of aryl methyl sites for hydroxylation is 1. The lowest BCUT2D eigenvalue weighted by Crippen LogP contribution is -2.30. The second-order valence-corrected chi connectivity index (χ2v) is 6.05. The van der Waals surface area contributed by atoms with E-state index in [0.717, 1.165) is 11.6 Å². The zero-order chi connectivity index (χ0) is 18.9. The molecule has 0 heterocycles. The average molecular weight is 376 g/mol. The number of halogens is 2. The van der Waals surface area contributed by atoms with Crippen LogP contribution < -0.4 is 5.32 Å². The quantitative estimate of drug-likeness (QED) is 0.593. The molecule has 0 unspecified atom stereocenters. The summed E-state index contributed by atoms with van der Waals surface area (Å²) in [7, 11) is 0. The fourth-order valence-electron chi connectivity index (χ4n) is 2.24. The van der Waals surface area contributed by atoms with Crippen LogP contribution in [0.15, 0.2) is 48.5 Å². The molecule has 2 rings (SSSR count). The van der Waals surface area contributed by atoms with Gasteiger partial charge >= 0.3 is 5.97 Å². The van der Waals surface area contributed by atoms with E-state index in [1.54, 1.807) is 0 Å². The van der Waals surface area contributed by atoms with E-state index >= 15 is 0 Å². The maximum absolute atomic E-state index is 13.0. The minimum Gasteiger partial charge on any atom is -0.452 e. The number of esters is 1. The third kappa shape index (κ3) is 6.33. The lowest BCUT2D eigenvalue weighted by molar-refractivity contribution is -0.143. The summed E-state index contributed by atoms with van der Waals surface area (Å²) < 4.78 is 17.9. The van der Waals surface area contributed by atoms with Gasteiger partial charge in [0.1, 0.15) is 5.82 Å². The Bertz CT molecular complexity index is 820. The number of carbonyl (C=O) groups is 2. The first kappa shape index (κ1) is 19.7. The Hall–Kier alpha value is -2.66. The van der Waals surface area contributed by atoms with Crippen molar-refractivity contribution in [3.8, 4) is 0 Å². The van der Waals surface area contributed by atoms with Crippen LogP contribution in [0.1, 0.15) is 16.7 Å². The van der Waals surface area contributed by atoms with E-state index in [4.69, 9.17) is 16.3 Å². The van der Waals surface area contributed by atoms with Gasteiger partial charge in [-0.3, -0.25) is 4.79 Å². The van der Waals surface area contributed by atoms with E-state index in [1.807, 2.05) is 31.2 Å². The van der Waals surface area contributed by atoms with Gasteiger partial charge < -0.3 is 10.1 Å². The van der Waals surface area contributed by atoms with Crippen molar-refractivity contribution in [2.45, 2.75) is 13.3 Å². The zero-order valence-corrected chi connectivity index (χ0v) is 15.1. The molecule has 136 valence electrons. The number of hydrogen-bond acceptors (Lipinski definition) is 3. The van der Waals surface area contributed by atoms with Crippen LogP contribution in [0, 0.1) is 12.7 Å². The number of hydrogen-bond donors (Lipinski definition) is 1. The van der Waals surface area contributed by atoms with E-state index < -0.39 is 11.8 Å². The predicted molar refractivity (Wildman–Crippen MR) is 99.3 cm³/mol. The normalized spacial score (nSPS) is 10.7. The molecule has 0 aliphatic rings. The second kappa shape index (κ2) is 9.73. The minimum atomic E-state index is -0.667. The summed E-state index contributed by atoms with van der Waals surface area (Å²) in [5, 5.41) is 2.67. The number of amides is 1. The van der Waals surface area contributed by atoms with Crippen LogP contribution in [-0.4, -0.2) is 25.0 Å². The van der Waals surface area contributed by atoms with Gasteiger partial charge in [0, 0.05) is 12.6 Å². The first-order chi connectivity index (χ1) is 12.5. The van der Waals surface area contributed by atoms with E-state index in [1.165, 1.54) is 29.8 Å². The van der Waals surface area contributed by atoms with E-state index in [9.17, 15) is 14.0 Å². The van der Waals surface area contributed by atoms with Crippen molar-refractivity contribution in [2.75, 3.05) is 13.2 Å². The Morgan fingerprint density at radius 3 is 2.73 bits per heavy atom. The molecule has 0 aliphatic heterocycles. The summed E-state index contributed by atoms with van der Waals surface area (Å²) >= 11 is 5.66. The largest absolute Gasteiger partial charge is 0.452 e. The molecule has 1 N–H and O–H groups in total. The van der Waals surface area contributed by atoms with Crippen molar-refractivity contribution >= 4 is 29.6 Å². The predicted octanol–water partition coefficient (Wildman–Crippen LogP) is 3.70. The van der Waals surface area contributed by atoms with Crippen molar-refractivity contribution in [3.63, 3.8) is 0 Å². The van der Waals surface area contributed by atoms with Gasteiger partial charge in [-0.2, -0.15) is 0 Å². The summed E-state index contributed by atoms with van der Waals surface area (Å²) in [4.78, 5) is 23.3. The molecule has 2 aromatic rings. The van der Waals surface area contributed by atoms with Gasteiger partial charge in [0.2, 0.25) is 0 Å². The average Bonchev–Trinajstić information content (AvgIpc) is 2.62. The smallest absolute Gasteiger partial charge is 0.331 e. The van der Waals surface area contributed by atoms with E-state index in [0.29, 0.717) is 18.5 Å². The molecule has 0 radical (unpaired) electrons. The van der Waals surface area contributed by atoms with Gasteiger partial charge in [-0.25, -0.2) is 9.18 Å². The standard InChI is InChI=1S/C20H19ClFNO3/c1-14-4-2-3-5-16(14)10-11-23-19(24)13-26-20(25)9-7-15-6-8-18(22)17(21)12-15/h2-9,12H,10-11,13H2,1H3,(H,23,24)/b9-7+. The Kier molecular flexibility index (Phi) is 7.36. The molecule has 0 spiro atoms. The molecule has 6 heteroatoms. The number of carbonyl (C=O) groups excluding carboxylic acids is 2. The fraction of sp³-hybridized carbons (Fsp3) is 0.200. The Labute approximate surface area is 156 Å². The van der Waals surface area contributed by atoms with Gasteiger partial charge in [0.25, 0.3) is 5.91 Å². The molecular formula is C20H19ClFNO3. The highest BCUT2D eigenvalue weighted by atomic mass is 35.5. The summed E-state index contributed by atoms with van der Waals surface area (Å²) in [5.41, 5.74) is 2.88. The molecule has 0 bridgehead atoms. The molecule has 2 aromatic carbocycles. The molecule has 26 heavy (non-hydrogen) atoms. The third-order valence-corrected chi connectivity index (χ3v) is 3.97. The highest BCUT2D eigenvalue weighted by Gasteiger charge is 2.05. The van der Waals surface area contributed by atoms with E-state index in [2.05, 4.69) is 5.32 Å². The monoisotopic (exact) mass is 375 g/mol. The first-order valence-electron chi connectivity index (χ1n) is 8.07. The van der Waals surface area contributed by atoms with Crippen LogP contribution in [0.4, 0.5) is 4.39 Å². The molecule has 0 atom stereocenters. The van der Waals surface area contributed by atoms with Gasteiger partial charge in [-0.1, -0.05) is 41.9 Å². The summed E-state index contributed by atoms with van der Waals surface area (Å²) in [5.74, 6) is -1.57. The van der Waals surface area contributed by atoms with Crippen LogP contribution >= 0.6 is 11.6 Å². The summed E-state index contributed by atoms with van der Waals surface area (Å²) in [6.07, 6.45) is 3.30. The summed E-state index contributed by atoms with van der Waals surface area (Å²) in [6.45, 7) is 2.12. The lowest BCUT2D eigenvalue weighted by Gasteiger charge is -2.07. The second-order valence-electron chi connectivity index (χ2n) is 5.64. The molecular weight excluding hydrogens is 357 g/mol. The fourth-order valence-corrected chi connectivity index (χ4v) is 2.43. The topological polar surface area (TPSA) is 55.4 Å². The van der Waals surface area contributed by atoms with Gasteiger partial charge in [0.15, 0.2) is 6.61 Å². The molecule has 0 fully saturated rings. The van der Waals surface area contributed by atoms with Crippen LogP contribution in [0.2, 0.25) is 5.02 Å². The Morgan fingerprint density at radius 2 is 2.00 bits per heavy atom. The van der Waals surface area contributed by atoms with Crippen LogP contribution in [0.3, 0.4) is 0 Å². The Balaban J connectivity index is 1.71. The molecule has 1 amide bonds. The maximum Gasteiger partial charge on any atom is 0.331 e. The highest BCUT2D eigenvalue weighted by molar-refractivity contribution is 6.30. The Morgan fingerprint density at radius 1 is 1.23 bits per heavy atom. The van der Waals surface area contributed by atoms with Crippen molar-refractivity contribution in [1.82, 2.24) is 5.32 Å². The minimum absolute atomic E-state index is 0.0338. The highest BCUT2D eigenvalue weighted by Crippen LogP contribution is 2.16. The number of rotatable bonds is 7. The molecule has 0 saturated carbocycles. The van der Waals surface area contributed by atoms with Crippen LogP contribution in [0.5, 0.6) is 0 Å². The lowest BCUT2D eigenvalue weighted by atomic mass is 10.1. The van der Waals surface area contributed by atoms with Crippen molar-refractivity contribution < 1.29 is 18.7 Å². The van der Waals surface area contributed by atoms with Crippen molar-refractivity contribution in [1.29, 1.82) is 0 Å². The van der Waals surface area contributed by atoms with Crippen LogP contribution in [-0.2, 0) is 20.7 Å². The summed E-state index contributed by atoms with van der Waals surface area (Å²) in [6, 6.07) is 12.0. The number of benzene rings is 2. The van der Waals surface area contributed by atoms with Gasteiger partial charge in [0.05, 0.1) is 5.02 Å². The number of ether oxygens (including phenoxy) is 1.